The molecular weight excluding hydrogens is 560 g/mol. The van der Waals surface area contributed by atoms with Crippen molar-refractivity contribution in [3.05, 3.63) is 157 Å². The minimum atomic E-state index is -0.318. The molecule has 1 aliphatic carbocycles. The van der Waals surface area contributed by atoms with Crippen molar-refractivity contribution in [3.8, 4) is 56.0 Å². The van der Waals surface area contributed by atoms with Crippen LogP contribution < -0.4 is 0 Å². The van der Waals surface area contributed by atoms with Crippen molar-refractivity contribution in [1.82, 2.24) is 0 Å². The minimum absolute atomic E-state index is 0.308. The normalized spacial score (nSPS) is 14.7. The largest absolute Gasteiger partial charge is 0.507 e. The lowest BCUT2D eigenvalue weighted by Crippen LogP contribution is -2.29. The Morgan fingerprint density at radius 3 is 0.891 bits per heavy atom. The Hall–Kier alpha value is -5.08. The third-order valence-corrected chi connectivity index (χ3v) is 9.87. The predicted molar refractivity (Wildman–Crippen MR) is 191 cm³/mol. The first-order valence-corrected chi connectivity index (χ1v) is 16.6. The minimum Gasteiger partial charge on any atom is -0.507 e. The van der Waals surface area contributed by atoms with E-state index in [0.717, 1.165) is 70.2 Å². The van der Waals surface area contributed by atoms with Gasteiger partial charge in [0.05, 0.1) is 0 Å². The summed E-state index contributed by atoms with van der Waals surface area (Å²) < 4.78 is 0. The molecule has 0 aliphatic heterocycles. The van der Waals surface area contributed by atoms with Crippen molar-refractivity contribution in [2.45, 2.75) is 50.4 Å². The Morgan fingerprint density at radius 2 is 0.609 bits per heavy atom. The molecule has 0 aromatic heterocycles. The Kier molecular flexibility index (Phi) is 8.44. The zero-order valence-corrected chi connectivity index (χ0v) is 26.2. The Balaban J connectivity index is 1.54. The summed E-state index contributed by atoms with van der Waals surface area (Å²) in [6.45, 7) is 0. The number of hydrogen-bond acceptors (Lipinski definition) is 2. The number of benzene rings is 6. The van der Waals surface area contributed by atoms with Crippen molar-refractivity contribution < 1.29 is 10.2 Å². The summed E-state index contributed by atoms with van der Waals surface area (Å²) in [5.41, 5.74) is 9.52. The molecule has 0 atom stereocenters. The van der Waals surface area contributed by atoms with E-state index in [1.807, 2.05) is 72.8 Å². The number of rotatable bonds is 6. The summed E-state index contributed by atoms with van der Waals surface area (Å²) in [4.78, 5) is 0. The molecule has 6 aromatic rings. The number of phenolic OH excluding ortho intramolecular Hbond substituents is 2. The van der Waals surface area contributed by atoms with Gasteiger partial charge in [0.1, 0.15) is 11.5 Å². The number of aromatic hydroxyl groups is 2. The maximum Gasteiger partial charge on any atom is 0.131 e. The molecule has 2 nitrogen and oxygen atoms in total. The van der Waals surface area contributed by atoms with Gasteiger partial charge in [0, 0.05) is 27.7 Å². The van der Waals surface area contributed by atoms with Gasteiger partial charge in [0.25, 0.3) is 0 Å². The molecule has 2 heteroatoms. The highest BCUT2D eigenvalue weighted by Gasteiger charge is 2.37. The lowest BCUT2D eigenvalue weighted by molar-refractivity contribution is 0.366. The third-order valence-electron chi connectivity index (χ3n) is 9.87. The molecule has 0 heterocycles. The monoisotopic (exact) mass is 600 g/mol. The Morgan fingerprint density at radius 1 is 0.348 bits per heavy atom. The van der Waals surface area contributed by atoms with E-state index in [1.165, 1.54) is 30.4 Å². The average molecular weight is 601 g/mol. The van der Waals surface area contributed by atoms with E-state index in [-0.39, 0.29) is 5.41 Å². The second kappa shape index (κ2) is 13.1. The molecule has 0 unspecified atom stereocenters. The lowest BCUT2D eigenvalue weighted by Gasteiger charge is -2.38. The standard InChI is InChI=1S/C44H40O2/c45-42-38(32-18-8-4-9-19-32)28-36(29-39(42)33-20-10-5-11-21-33)44(26-16-2-1-3-17-27-44)37-30-40(34-22-12-6-13-23-34)43(46)41(31-37)35-24-14-7-15-25-35/h4-15,18-25,28-31,45-46H,1-3,16-17,26-27H2. The van der Waals surface area contributed by atoms with Crippen LogP contribution in [0.3, 0.4) is 0 Å². The summed E-state index contributed by atoms with van der Waals surface area (Å²) >= 11 is 0. The van der Waals surface area contributed by atoms with Gasteiger partial charge in [0.15, 0.2) is 0 Å². The van der Waals surface area contributed by atoms with E-state index < -0.39 is 0 Å². The zero-order valence-electron chi connectivity index (χ0n) is 26.2. The van der Waals surface area contributed by atoms with Crippen LogP contribution in [-0.4, -0.2) is 10.2 Å². The molecular formula is C44H40O2. The molecule has 6 aromatic carbocycles. The predicted octanol–water partition coefficient (Wildman–Crippen LogP) is 11.8. The maximum atomic E-state index is 11.9. The van der Waals surface area contributed by atoms with Gasteiger partial charge in [-0.1, -0.05) is 153 Å². The van der Waals surface area contributed by atoms with E-state index in [0.29, 0.717) is 11.5 Å². The van der Waals surface area contributed by atoms with Crippen LogP contribution in [0, 0.1) is 0 Å². The van der Waals surface area contributed by atoms with Gasteiger partial charge >= 0.3 is 0 Å². The average Bonchev–Trinajstić information content (AvgIpc) is 3.10. The molecule has 1 saturated carbocycles. The molecule has 0 spiro atoms. The van der Waals surface area contributed by atoms with Crippen molar-refractivity contribution in [1.29, 1.82) is 0 Å². The van der Waals surface area contributed by atoms with E-state index in [4.69, 9.17) is 0 Å². The van der Waals surface area contributed by atoms with Crippen molar-refractivity contribution in [3.63, 3.8) is 0 Å². The molecule has 0 bridgehead atoms. The van der Waals surface area contributed by atoms with Crippen molar-refractivity contribution >= 4 is 0 Å². The van der Waals surface area contributed by atoms with Crippen LogP contribution >= 0.6 is 0 Å². The van der Waals surface area contributed by atoms with E-state index >= 15 is 0 Å². The smallest absolute Gasteiger partial charge is 0.131 e. The molecule has 46 heavy (non-hydrogen) atoms. The molecule has 228 valence electrons. The topological polar surface area (TPSA) is 40.5 Å². The fraction of sp³-hybridized carbons (Fsp3) is 0.182. The van der Waals surface area contributed by atoms with Crippen LogP contribution in [0.25, 0.3) is 44.5 Å². The molecule has 2 N–H and O–H groups in total. The summed E-state index contributed by atoms with van der Waals surface area (Å²) in [6.07, 6.45) is 7.88. The highest BCUT2D eigenvalue weighted by molar-refractivity contribution is 5.85. The van der Waals surface area contributed by atoms with Gasteiger partial charge in [-0.2, -0.15) is 0 Å². The van der Waals surface area contributed by atoms with Crippen LogP contribution in [-0.2, 0) is 5.41 Å². The third kappa shape index (κ3) is 5.72. The molecule has 0 radical (unpaired) electrons. The fourth-order valence-corrected chi connectivity index (χ4v) is 7.43. The first-order chi connectivity index (χ1) is 22.6. The van der Waals surface area contributed by atoms with Crippen LogP contribution in [0.1, 0.15) is 56.1 Å². The van der Waals surface area contributed by atoms with Gasteiger partial charge in [0.2, 0.25) is 0 Å². The number of phenols is 2. The van der Waals surface area contributed by atoms with Gasteiger partial charge < -0.3 is 10.2 Å². The van der Waals surface area contributed by atoms with Crippen LogP contribution in [0.5, 0.6) is 11.5 Å². The fourth-order valence-electron chi connectivity index (χ4n) is 7.43. The molecule has 1 aliphatic rings. The van der Waals surface area contributed by atoms with Crippen LogP contribution in [0.4, 0.5) is 0 Å². The second-order valence-corrected chi connectivity index (χ2v) is 12.7. The molecule has 1 fully saturated rings. The van der Waals surface area contributed by atoms with Crippen molar-refractivity contribution in [2.24, 2.45) is 0 Å². The van der Waals surface area contributed by atoms with Gasteiger partial charge in [-0.15, -0.1) is 0 Å². The summed E-state index contributed by atoms with van der Waals surface area (Å²) in [5, 5.41) is 23.7. The molecule has 7 rings (SSSR count). The van der Waals surface area contributed by atoms with Crippen LogP contribution in [0.15, 0.2) is 146 Å². The highest BCUT2D eigenvalue weighted by atomic mass is 16.3. The summed E-state index contributed by atoms with van der Waals surface area (Å²) in [7, 11) is 0. The summed E-state index contributed by atoms with van der Waals surface area (Å²) in [6, 6.07) is 50.0. The molecule has 0 amide bonds. The lowest BCUT2D eigenvalue weighted by atomic mass is 9.65. The molecule has 0 saturated heterocycles. The van der Waals surface area contributed by atoms with Crippen LogP contribution in [0.2, 0.25) is 0 Å². The maximum absolute atomic E-state index is 11.9. The quantitative estimate of drug-likeness (QED) is 0.200. The number of hydrogen-bond donors (Lipinski definition) is 2. The van der Waals surface area contributed by atoms with E-state index in [9.17, 15) is 10.2 Å². The van der Waals surface area contributed by atoms with Gasteiger partial charge in [-0.05, 0) is 70.5 Å². The first kappa shape index (κ1) is 29.6. The van der Waals surface area contributed by atoms with E-state index in [2.05, 4.69) is 72.8 Å². The van der Waals surface area contributed by atoms with Gasteiger partial charge in [-0.3, -0.25) is 0 Å². The highest BCUT2D eigenvalue weighted by Crippen LogP contribution is 2.51. The van der Waals surface area contributed by atoms with E-state index in [1.54, 1.807) is 0 Å². The Labute approximate surface area is 272 Å². The SMILES string of the molecule is Oc1c(-c2ccccc2)cc(C2(c3cc(-c4ccccc4)c(O)c(-c4ccccc4)c3)CCCCCCC2)cc1-c1ccccc1. The zero-order chi connectivity index (χ0) is 31.3. The van der Waals surface area contributed by atoms with Gasteiger partial charge in [-0.25, -0.2) is 0 Å². The summed E-state index contributed by atoms with van der Waals surface area (Å²) in [5.74, 6) is 0.616. The first-order valence-electron chi connectivity index (χ1n) is 16.6. The second-order valence-electron chi connectivity index (χ2n) is 12.7. The van der Waals surface area contributed by atoms with Crippen molar-refractivity contribution in [2.75, 3.05) is 0 Å². The Bertz CT molecular complexity index is 1650.